The molecule has 0 saturated heterocycles. The van der Waals surface area contributed by atoms with Crippen molar-refractivity contribution in [2.75, 3.05) is 0 Å². The number of rotatable bonds is 16. The third-order valence-electron chi connectivity index (χ3n) is 4.61. The molecule has 0 fully saturated rings. The van der Waals surface area contributed by atoms with Crippen LogP contribution >= 0.6 is 0 Å². The zero-order valence-electron chi connectivity index (χ0n) is 17.7. The van der Waals surface area contributed by atoms with Gasteiger partial charge < -0.3 is 4.74 Å². The first kappa shape index (κ1) is 24.6. The van der Waals surface area contributed by atoms with Gasteiger partial charge in [0.05, 0.1) is 4.92 Å². The molecule has 0 unspecified atom stereocenters. The molecule has 0 aliphatic heterocycles. The highest BCUT2D eigenvalue weighted by molar-refractivity contribution is 5.72. The summed E-state index contributed by atoms with van der Waals surface area (Å²) in [5.41, 5.74) is -0.0153. The summed E-state index contributed by atoms with van der Waals surface area (Å²) >= 11 is 0. The van der Waals surface area contributed by atoms with Gasteiger partial charge in [-0.1, -0.05) is 63.3 Å². The molecule has 0 aliphatic rings. The number of nitro groups is 1. The molecule has 0 saturated carbocycles. The van der Waals surface area contributed by atoms with Crippen molar-refractivity contribution >= 4 is 11.7 Å². The van der Waals surface area contributed by atoms with E-state index in [9.17, 15) is 14.9 Å². The lowest BCUT2D eigenvalue weighted by Crippen LogP contribution is -2.07. The van der Waals surface area contributed by atoms with Gasteiger partial charge in [0, 0.05) is 18.6 Å². The van der Waals surface area contributed by atoms with Crippen LogP contribution in [0, 0.1) is 10.1 Å². The maximum atomic E-state index is 11.8. The average molecular weight is 402 g/mol. The van der Waals surface area contributed by atoms with Crippen molar-refractivity contribution in [3.63, 3.8) is 0 Å². The lowest BCUT2D eigenvalue weighted by molar-refractivity contribution is -0.384. The molecule has 160 valence electrons. The molecule has 1 aromatic rings. The summed E-state index contributed by atoms with van der Waals surface area (Å²) in [5, 5.41) is 10.6. The van der Waals surface area contributed by atoms with Crippen molar-refractivity contribution in [2.45, 2.75) is 84.0 Å². The van der Waals surface area contributed by atoms with Crippen molar-refractivity contribution in [3.8, 4) is 5.75 Å². The number of hydrogen-bond donors (Lipinski definition) is 0. The Morgan fingerprint density at radius 1 is 0.897 bits per heavy atom. The van der Waals surface area contributed by atoms with E-state index in [2.05, 4.69) is 31.2 Å². The molecule has 0 N–H and O–H groups in total. The summed E-state index contributed by atoms with van der Waals surface area (Å²) in [4.78, 5) is 21.9. The minimum Gasteiger partial charge on any atom is -0.427 e. The van der Waals surface area contributed by atoms with Crippen molar-refractivity contribution in [2.24, 2.45) is 0 Å². The maximum Gasteiger partial charge on any atom is 0.311 e. The number of nitro benzene ring substituents is 1. The molecular weight excluding hydrogens is 366 g/mol. The van der Waals surface area contributed by atoms with Gasteiger partial charge in [-0.15, -0.1) is 0 Å². The Balaban J connectivity index is 1.96. The molecule has 0 bridgehead atoms. The Morgan fingerprint density at radius 3 is 2.10 bits per heavy atom. The molecule has 0 spiro atoms. The van der Waals surface area contributed by atoms with Gasteiger partial charge in [0.1, 0.15) is 5.75 Å². The molecular formula is C24H35NO4. The van der Waals surface area contributed by atoms with Gasteiger partial charge in [-0.2, -0.15) is 0 Å². The minimum atomic E-state index is -0.478. The molecule has 5 nitrogen and oxygen atoms in total. The van der Waals surface area contributed by atoms with E-state index >= 15 is 0 Å². The number of nitrogens with zero attached hydrogens (tertiary/aromatic N) is 1. The molecule has 0 radical (unpaired) electrons. The van der Waals surface area contributed by atoms with Crippen molar-refractivity contribution < 1.29 is 14.5 Å². The Hall–Kier alpha value is -2.43. The van der Waals surface area contributed by atoms with Crippen LogP contribution < -0.4 is 4.74 Å². The fourth-order valence-electron chi connectivity index (χ4n) is 2.90. The fourth-order valence-corrected chi connectivity index (χ4v) is 2.90. The van der Waals surface area contributed by atoms with Crippen molar-refractivity contribution in [3.05, 3.63) is 58.7 Å². The summed E-state index contributed by atoms with van der Waals surface area (Å²) in [6.07, 6.45) is 22.0. The smallest absolute Gasteiger partial charge is 0.311 e. The molecule has 5 heteroatoms. The first-order valence-electron chi connectivity index (χ1n) is 10.9. The normalized spacial score (nSPS) is 11.3. The van der Waals surface area contributed by atoms with Crippen molar-refractivity contribution in [1.82, 2.24) is 0 Å². The Morgan fingerprint density at radius 2 is 1.48 bits per heavy atom. The number of carbonyl (C=O) groups excluding carboxylic acids is 1. The standard InChI is InChI=1S/C24H35NO4/c1-2-3-4-5-6-7-8-9-10-11-12-13-14-15-16-17-24(26)29-23-20-18-22(19-21-23)25(27)28/h6-7,9-10,18-21H,2-5,8,11-17H2,1H3/b7-6-,10-9-. The molecule has 0 amide bonds. The van der Waals surface area contributed by atoms with Crippen LogP contribution in [0.4, 0.5) is 5.69 Å². The molecule has 0 atom stereocenters. The van der Waals surface area contributed by atoms with E-state index in [0.29, 0.717) is 12.2 Å². The van der Waals surface area contributed by atoms with Crippen LogP contribution in [-0.4, -0.2) is 10.9 Å². The first-order chi connectivity index (χ1) is 14.1. The van der Waals surface area contributed by atoms with E-state index in [1.54, 1.807) is 0 Å². The highest BCUT2D eigenvalue weighted by Gasteiger charge is 2.08. The van der Waals surface area contributed by atoms with Gasteiger partial charge in [0.25, 0.3) is 5.69 Å². The number of ether oxygens (including phenoxy) is 1. The van der Waals surface area contributed by atoms with Crippen LogP contribution in [0.1, 0.15) is 84.0 Å². The predicted molar refractivity (Wildman–Crippen MR) is 118 cm³/mol. The van der Waals surface area contributed by atoms with Gasteiger partial charge in [-0.3, -0.25) is 14.9 Å². The van der Waals surface area contributed by atoms with Gasteiger partial charge in [0.2, 0.25) is 0 Å². The number of non-ortho nitro benzene ring substituents is 1. The lowest BCUT2D eigenvalue weighted by Gasteiger charge is -2.04. The maximum absolute atomic E-state index is 11.8. The topological polar surface area (TPSA) is 69.4 Å². The Kier molecular flexibility index (Phi) is 14.0. The van der Waals surface area contributed by atoms with Crippen LogP contribution in [0.25, 0.3) is 0 Å². The molecule has 0 aliphatic carbocycles. The highest BCUT2D eigenvalue weighted by atomic mass is 16.6. The summed E-state index contributed by atoms with van der Waals surface area (Å²) in [5.74, 6) is 0.0627. The second-order valence-electron chi connectivity index (χ2n) is 7.21. The fraction of sp³-hybridized carbons (Fsp3) is 0.542. The van der Waals surface area contributed by atoms with E-state index in [0.717, 1.165) is 32.1 Å². The SMILES string of the molecule is CCCCC/C=C\C/C=C\CCCCCCCC(=O)Oc1ccc([N+](=O)[O-])cc1. The lowest BCUT2D eigenvalue weighted by atomic mass is 10.1. The Bertz CT molecular complexity index is 635. The van der Waals surface area contributed by atoms with E-state index in [1.807, 2.05) is 0 Å². The van der Waals surface area contributed by atoms with Crippen LogP contribution in [0.2, 0.25) is 0 Å². The predicted octanol–water partition coefficient (Wildman–Crippen LogP) is 7.31. The highest BCUT2D eigenvalue weighted by Crippen LogP contribution is 2.18. The van der Waals surface area contributed by atoms with E-state index in [1.165, 1.54) is 62.8 Å². The number of unbranched alkanes of at least 4 members (excludes halogenated alkanes) is 8. The summed E-state index contributed by atoms with van der Waals surface area (Å²) < 4.78 is 5.19. The summed E-state index contributed by atoms with van der Waals surface area (Å²) in [6, 6.07) is 5.57. The summed E-state index contributed by atoms with van der Waals surface area (Å²) in [6.45, 7) is 2.23. The van der Waals surface area contributed by atoms with Crippen LogP contribution in [-0.2, 0) is 4.79 Å². The van der Waals surface area contributed by atoms with E-state index in [-0.39, 0.29) is 11.7 Å². The number of benzene rings is 1. The molecule has 1 aromatic carbocycles. The van der Waals surface area contributed by atoms with Crippen LogP contribution in [0.15, 0.2) is 48.6 Å². The number of hydrogen-bond acceptors (Lipinski definition) is 4. The second kappa shape index (κ2) is 16.5. The zero-order valence-corrected chi connectivity index (χ0v) is 17.7. The van der Waals surface area contributed by atoms with Gasteiger partial charge in [-0.05, 0) is 50.7 Å². The number of esters is 1. The average Bonchev–Trinajstić information content (AvgIpc) is 2.71. The van der Waals surface area contributed by atoms with Gasteiger partial charge in [0.15, 0.2) is 0 Å². The Labute approximate surface area is 175 Å². The molecule has 1 rings (SSSR count). The van der Waals surface area contributed by atoms with Crippen molar-refractivity contribution in [1.29, 1.82) is 0 Å². The first-order valence-corrected chi connectivity index (χ1v) is 10.9. The number of carbonyl (C=O) groups is 1. The molecule has 0 aromatic heterocycles. The van der Waals surface area contributed by atoms with Gasteiger partial charge >= 0.3 is 5.97 Å². The van der Waals surface area contributed by atoms with Crippen LogP contribution in [0.5, 0.6) is 5.75 Å². The van der Waals surface area contributed by atoms with E-state index in [4.69, 9.17) is 4.74 Å². The minimum absolute atomic E-state index is 0.0153. The second-order valence-corrected chi connectivity index (χ2v) is 7.21. The molecule has 29 heavy (non-hydrogen) atoms. The largest absolute Gasteiger partial charge is 0.427 e. The quantitative estimate of drug-likeness (QED) is 0.0727. The summed E-state index contributed by atoms with van der Waals surface area (Å²) in [7, 11) is 0. The van der Waals surface area contributed by atoms with Crippen LogP contribution in [0.3, 0.4) is 0 Å². The zero-order chi connectivity index (χ0) is 21.2. The third-order valence-corrected chi connectivity index (χ3v) is 4.61. The third kappa shape index (κ3) is 13.4. The molecule has 0 heterocycles. The van der Waals surface area contributed by atoms with Gasteiger partial charge in [-0.25, -0.2) is 0 Å². The monoisotopic (exact) mass is 401 g/mol. The number of allylic oxidation sites excluding steroid dienone is 4. The van der Waals surface area contributed by atoms with E-state index < -0.39 is 4.92 Å².